The molecule has 0 spiro atoms. The average molecular weight is 214 g/mol. The third-order valence-electron chi connectivity index (χ3n) is 2.75. The quantitative estimate of drug-likeness (QED) is 0.717. The van der Waals surface area contributed by atoms with Crippen LogP contribution in [0.2, 0.25) is 0 Å². The van der Waals surface area contributed by atoms with Crippen LogP contribution in [0, 0.1) is 0 Å². The number of aliphatic hydroxyl groups is 1. The molecule has 2 rings (SSSR count). The first-order chi connectivity index (χ1) is 7.02. The van der Waals surface area contributed by atoms with E-state index in [0.717, 1.165) is 0 Å². The van der Waals surface area contributed by atoms with E-state index in [1.165, 1.54) is 0 Å². The lowest BCUT2D eigenvalue weighted by Gasteiger charge is -2.22. The van der Waals surface area contributed by atoms with Crippen molar-refractivity contribution in [2.24, 2.45) is 0 Å². The van der Waals surface area contributed by atoms with Crippen molar-refractivity contribution in [2.45, 2.75) is 57.1 Å². The third kappa shape index (κ3) is 2.23. The fourth-order valence-corrected chi connectivity index (χ4v) is 2.11. The molecule has 2 fully saturated rings. The zero-order valence-corrected chi connectivity index (χ0v) is 9.18. The second-order valence-corrected chi connectivity index (χ2v) is 4.54. The molecule has 4 nitrogen and oxygen atoms in total. The third-order valence-corrected chi connectivity index (χ3v) is 2.75. The first kappa shape index (κ1) is 11.1. The minimum atomic E-state index is -0.566. The molecule has 1 N–H and O–H groups in total. The van der Waals surface area contributed by atoms with Gasteiger partial charge in [-0.1, -0.05) is 6.08 Å². The maximum atomic E-state index is 9.73. The predicted molar refractivity (Wildman–Crippen MR) is 54.1 cm³/mol. The van der Waals surface area contributed by atoms with E-state index >= 15 is 0 Å². The van der Waals surface area contributed by atoms with E-state index in [0.29, 0.717) is 12.8 Å². The Morgan fingerprint density at radius 3 is 2.87 bits per heavy atom. The van der Waals surface area contributed by atoms with Gasteiger partial charge in [0.1, 0.15) is 6.10 Å². The topological polar surface area (TPSA) is 47.9 Å². The summed E-state index contributed by atoms with van der Waals surface area (Å²) in [6.45, 7) is 7.32. The van der Waals surface area contributed by atoms with Crippen LogP contribution >= 0.6 is 0 Å². The Kier molecular flexibility index (Phi) is 2.85. The number of hydrogen-bond donors (Lipinski definition) is 1. The van der Waals surface area contributed by atoms with Crippen molar-refractivity contribution in [3.05, 3.63) is 12.7 Å². The summed E-state index contributed by atoms with van der Waals surface area (Å²) < 4.78 is 16.8. The zero-order valence-electron chi connectivity index (χ0n) is 9.18. The van der Waals surface area contributed by atoms with Gasteiger partial charge in [0.25, 0.3) is 0 Å². The van der Waals surface area contributed by atoms with Gasteiger partial charge in [-0.3, -0.25) is 0 Å². The second-order valence-electron chi connectivity index (χ2n) is 4.54. The Morgan fingerprint density at radius 2 is 2.27 bits per heavy atom. The van der Waals surface area contributed by atoms with E-state index in [1.807, 2.05) is 13.8 Å². The lowest BCUT2D eigenvalue weighted by Crippen LogP contribution is -2.30. The van der Waals surface area contributed by atoms with Crippen molar-refractivity contribution in [3.8, 4) is 0 Å². The molecular formula is C11H18O4. The van der Waals surface area contributed by atoms with E-state index < -0.39 is 11.9 Å². The van der Waals surface area contributed by atoms with Crippen LogP contribution in [0.15, 0.2) is 12.7 Å². The minimum absolute atomic E-state index is 0.0514. The molecule has 15 heavy (non-hydrogen) atoms. The molecule has 4 atom stereocenters. The van der Waals surface area contributed by atoms with Crippen molar-refractivity contribution in [3.63, 3.8) is 0 Å². The Bertz CT molecular complexity index is 235. The van der Waals surface area contributed by atoms with Crippen LogP contribution < -0.4 is 0 Å². The summed E-state index contributed by atoms with van der Waals surface area (Å²) in [7, 11) is 0. The van der Waals surface area contributed by atoms with Gasteiger partial charge in [-0.15, -0.1) is 6.58 Å². The lowest BCUT2D eigenvalue weighted by atomic mass is 10.1. The fourth-order valence-electron chi connectivity index (χ4n) is 2.11. The van der Waals surface area contributed by atoms with Crippen molar-refractivity contribution in [2.75, 3.05) is 0 Å². The normalized spacial score (nSPS) is 40.1. The van der Waals surface area contributed by atoms with Gasteiger partial charge in [0.2, 0.25) is 0 Å². The van der Waals surface area contributed by atoms with Gasteiger partial charge in [-0.05, 0) is 20.3 Å². The van der Waals surface area contributed by atoms with Crippen LogP contribution in [0.3, 0.4) is 0 Å². The summed E-state index contributed by atoms with van der Waals surface area (Å²) in [5.74, 6) is -0.566. The van der Waals surface area contributed by atoms with Crippen LogP contribution in [-0.4, -0.2) is 35.5 Å². The molecule has 2 saturated heterocycles. The van der Waals surface area contributed by atoms with Crippen LogP contribution in [0.5, 0.6) is 0 Å². The van der Waals surface area contributed by atoms with Crippen LogP contribution in [0.25, 0.3) is 0 Å². The van der Waals surface area contributed by atoms with Gasteiger partial charge in [0.15, 0.2) is 12.1 Å². The molecule has 0 aromatic carbocycles. The van der Waals surface area contributed by atoms with Crippen LogP contribution in [0.1, 0.15) is 26.7 Å². The summed E-state index contributed by atoms with van der Waals surface area (Å²) >= 11 is 0. The minimum Gasteiger partial charge on any atom is -0.390 e. The maximum absolute atomic E-state index is 9.73. The number of aliphatic hydroxyl groups excluding tert-OH is 1. The first-order valence-corrected chi connectivity index (χ1v) is 5.32. The molecule has 0 unspecified atom stereocenters. The molecule has 0 bridgehead atoms. The average Bonchev–Trinajstić information content (AvgIpc) is 2.57. The highest BCUT2D eigenvalue weighted by atomic mass is 16.8. The highest BCUT2D eigenvalue weighted by Gasteiger charge is 2.49. The zero-order chi connectivity index (χ0) is 11.1. The Morgan fingerprint density at radius 1 is 1.53 bits per heavy atom. The molecule has 0 radical (unpaired) electrons. The van der Waals surface area contributed by atoms with Gasteiger partial charge in [0, 0.05) is 6.42 Å². The lowest BCUT2D eigenvalue weighted by molar-refractivity contribution is -0.213. The highest BCUT2D eigenvalue weighted by molar-refractivity contribution is 4.90. The largest absolute Gasteiger partial charge is 0.390 e. The van der Waals surface area contributed by atoms with Crippen LogP contribution in [0.4, 0.5) is 0 Å². The molecule has 0 amide bonds. The monoisotopic (exact) mass is 214 g/mol. The number of hydrogen-bond acceptors (Lipinski definition) is 4. The Balaban J connectivity index is 1.91. The SMILES string of the molecule is C=CC[C@@H](O)[C@@H]1C[C@H]2OC(C)(C)O[C@H]2O1. The van der Waals surface area contributed by atoms with Gasteiger partial charge in [-0.25, -0.2) is 0 Å². The number of fused-ring (bicyclic) bond motifs is 1. The smallest absolute Gasteiger partial charge is 0.187 e. The number of ether oxygens (including phenoxy) is 3. The van der Waals surface area contributed by atoms with Gasteiger partial charge >= 0.3 is 0 Å². The second kappa shape index (κ2) is 3.87. The molecule has 2 aliphatic rings. The molecule has 4 heteroatoms. The van der Waals surface area contributed by atoms with Crippen molar-refractivity contribution >= 4 is 0 Å². The van der Waals surface area contributed by atoms with E-state index in [4.69, 9.17) is 14.2 Å². The Labute approximate surface area is 89.8 Å². The van der Waals surface area contributed by atoms with E-state index in [1.54, 1.807) is 6.08 Å². The van der Waals surface area contributed by atoms with Crippen molar-refractivity contribution < 1.29 is 19.3 Å². The summed E-state index contributed by atoms with van der Waals surface area (Å²) in [5.41, 5.74) is 0. The molecule has 0 aromatic rings. The summed E-state index contributed by atoms with van der Waals surface area (Å²) in [6, 6.07) is 0. The molecule has 0 saturated carbocycles. The van der Waals surface area contributed by atoms with Crippen LogP contribution in [-0.2, 0) is 14.2 Å². The maximum Gasteiger partial charge on any atom is 0.187 e. The fraction of sp³-hybridized carbons (Fsp3) is 0.818. The predicted octanol–water partition coefficient (Wildman–Crippen LogP) is 1.19. The Hall–Kier alpha value is -0.420. The molecule has 2 heterocycles. The van der Waals surface area contributed by atoms with Crippen molar-refractivity contribution in [1.29, 1.82) is 0 Å². The van der Waals surface area contributed by atoms with Gasteiger partial charge in [0.05, 0.1) is 12.2 Å². The molecule has 86 valence electrons. The molecule has 0 aromatic heterocycles. The summed E-state index contributed by atoms with van der Waals surface area (Å²) in [5, 5.41) is 9.73. The van der Waals surface area contributed by atoms with Gasteiger partial charge in [-0.2, -0.15) is 0 Å². The van der Waals surface area contributed by atoms with E-state index in [-0.39, 0.29) is 18.5 Å². The number of rotatable bonds is 3. The van der Waals surface area contributed by atoms with E-state index in [9.17, 15) is 5.11 Å². The summed E-state index contributed by atoms with van der Waals surface area (Å²) in [6.07, 6.45) is 1.82. The van der Waals surface area contributed by atoms with E-state index in [2.05, 4.69) is 6.58 Å². The molecule has 2 aliphatic heterocycles. The highest BCUT2D eigenvalue weighted by Crippen LogP contribution is 2.38. The van der Waals surface area contributed by atoms with Gasteiger partial charge < -0.3 is 19.3 Å². The molecule has 0 aliphatic carbocycles. The summed E-state index contributed by atoms with van der Waals surface area (Å²) in [4.78, 5) is 0. The standard InChI is InChI=1S/C11H18O4/c1-4-5-7(12)8-6-9-10(13-8)15-11(2,3)14-9/h4,7-10,12H,1,5-6H2,2-3H3/t7-,8+,9-,10-/m1/s1. The molecular weight excluding hydrogens is 196 g/mol. The van der Waals surface area contributed by atoms with Crippen molar-refractivity contribution in [1.82, 2.24) is 0 Å². The first-order valence-electron chi connectivity index (χ1n) is 5.32.